The van der Waals surface area contributed by atoms with Gasteiger partial charge in [0.15, 0.2) is 0 Å². The summed E-state index contributed by atoms with van der Waals surface area (Å²) in [4.78, 5) is 25.4. The molecule has 2 aromatic rings. The first-order valence-corrected chi connectivity index (χ1v) is 8.67. The van der Waals surface area contributed by atoms with Crippen molar-refractivity contribution >= 4 is 33.4 Å². The van der Waals surface area contributed by atoms with Crippen LogP contribution in [-0.4, -0.2) is 30.1 Å². The lowest BCUT2D eigenvalue weighted by Crippen LogP contribution is -2.57. The highest BCUT2D eigenvalue weighted by atomic mass is 79.9. The van der Waals surface area contributed by atoms with Gasteiger partial charge in [0.1, 0.15) is 11.9 Å². The van der Waals surface area contributed by atoms with Gasteiger partial charge in [0.25, 0.3) is 11.8 Å². The second-order valence-electron chi connectivity index (χ2n) is 5.60. The molecule has 7 heteroatoms. The number of ether oxygens (including phenoxy) is 1. The zero-order valence-electron chi connectivity index (χ0n) is 13.9. The minimum atomic E-state index is -0.352. The molecule has 2 amide bonds. The van der Waals surface area contributed by atoms with Crippen LogP contribution in [0.1, 0.15) is 34.1 Å². The van der Waals surface area contributed by atoms with Gasteiger partial charge < -0.3 is 10.1 Å². The van der Waals surface area contributed by atoms with Crippen molar-refractivity contribution in [2.45, 2.75) is 19.5 Å². The predicted molar refractivity (Wildman–Crippen MR) is 98.5 cm³/mol. The predicted octanol–water partition coefficient (Wildman–Crippen LogP) is 3.41. The number of carbonyl (C=O) groups excluding carboxylic acids is 2. The zero-order chi connectivity index (χ0) is 18.0. The van der Waals surface area contributed by atoms with Crippen LogP contribution in [0.25, 0.3) is 0 Å². The number of carbonyl (C=O) groups is 2. The standard InChI is InChI=1S/C18H18BrN3O3/c1-3-16-20-15-9-6-12(19)10-14(15)18(24)22(16)21-17(23)11-4-7-13(25-2)8-5-11/h4-10,16,20H,3H2,1-2H3,(H,21,23). The number of fused-ring (bicyclic) bond motifs is 1. The molecule has 2 aromatic carbocycles. The molecule has 130 valence electrons. The summed E-state index contributed by atoms with van der Waals surface area (Å²) in [6.07, 6.45) is 0.327. The summed E-state index contributed by atoms with van der Waals surface area (Å²) in [7, 11) is 1.56. The third-order valence-corrected chi connectivity index (χ3v) is 4.52. The molecule has 0 spiro atoms. The summed E-state index contributed by atoms with van der Waals surface area (Å²) < 4.78 is 5.89. The van der Waals surface area contributed by atoms with Crippen LogP contribution in [0.15, 0.2) is 46.9 Å². The van der Waals surface area contributed by atoms with Crippen molar-refractivity contribution in [3.05, 3.63) is 58.1 Å². The average molecular weight is 404 g/mol. The number of halogens is 1. The number of hydrogen-bond donors (Lipinski definition) is 2. The largest absolute Gasteiger partial charge is 0.497 e. The molecule has 1 heterocycles. The molecule has 6 nitrogen and oxygen atoms in total. The van der Waals surface area contributed by atoms with E-state index >= 15 is 0 Å². The summed E-state index contributed by atoms with van der Waals surface area (Å²) in [6.45, 7) is 1.95. The number of anilines is 1. The first-order valence-electron chi connectivity index (χ1n) is 7.88. The zero-order valence-corrected chi connectivity index (χ0v) is 15.5. The first kappa shape index (κ1) is 17.3. The third-order valence-electron chi connectivity index (χ3n) is 4.03. The molecule has 0 fully saturated rings. The second kappa shape index (κ2) is 7.14. The van der Waals surface area contributed by atoms with Gasteiger partial charge in [-0.25, -0.2) is 5.01 Å². The van der Waals surface area contributed by atoms with Gasteiger partial charge in [-0.2, -0.15) is 0 Å². The minimum Gasteiger partial charge on any atom is -0.497 e. The molecule has 2 N–H and O–H groups in total. The fourth-order valence-electron chi connectivity index (χ4n) is 2.66. The molecule has 0 aliphatic carbocycles. The van der Waals surface area contributed by atoms with Crippen molar-refractivity contribution in [2.24, 2.45) is 0 Å². The number of nitrogens with one attached hydrogen (secondary N) is 2. The molecular formula is C18H18BrN3O3. The Kier molecular flexibility index (Phi) is 4.94. The molecule has 25 heavy (non-hydrogen) atoms. The van der Waals surface area contributed by atoms with E-state index in [0.29, 0.717) is 23.3 Å². The van der Waals surface area contributed by atoms with E-state index in [1.54, 1.807) is 37.4 Å². The number of hydrogen-bond acceptors (Lipinski definition) is 4. The molecule has 0 bridgehead atoms. The lowest BCUT2D eigenvalue weighted by atomic mass is 10.1. The molecule has 1 unspecified atom stereocenters. The van der Waals surface area contributed by atoms with Crippen LogP contribution in [0.2, 0.25) is 0 Å². The summed E-state index contributed by atoms with van der Waals surface area (Å²) in [5.41, 5.74) is 4.43. The molecule has 3 rings (SSSR count). The van der Waals surface area contributed by atoms with E-state index < -0.39 is 0 Å². The molecule has 0 saturated heterocycles. The maximum Gasteiger partial charge on any atom is 0.276 e. The lowest BCUT2D eigenvalue weighted by molar-refractivity contribution is 0.0488. The van der Waals surface area contributed by atoms with Crippen molar-refractivity contribution in [1.29, 1.82) is 0 Å². The second-order valence-corrected chi connectivity index (χ2v) is 6.52. The van der Waals surface area contributed by atoms with Gasteiger partial charge in [-0.3, -0.25) is 15.0 Å². The molecule has 0 radical (unpaired) electrons. The SMILES string of the molecule is CCC1Nc2ccc(Br)cc2C(=O)N1NC(=O)c1ccc(OC)cc1. The molecule has 0 aromatic heterocycles. The number of benzene rings is 2. The Labute approximate surface area is 154 Å². The number of rotatable bonds is 4. The number of hydrazine groups is 1. The van der Waals surface area contributed by atoms with Gasteiger partial charge in [-0.05, 0) is 48.9 Å². The van der Waals surface area contributed by atoms with E-state index in [1.807, 2.05) is 19.1 Å². The third kappa shape index (κ3) is 3.46. The highest BCUT2D eigenvalue weighted by Crippen LogP contribution is 2.28. The Morgan fingerprint density at radius 2 is 2.00 bits per heavy atom. The highest BCUT2D eigenvalue weighted by molar-refractivity contribution is 9.10. The van der Waals surface area contributed by atoms with Crippen molar-refractivity contribution in [3.8, 4) is 5.75 Å². The Hall–Kier alpha value is -2.54. The Balaban J connectivity index is 1.84. The lowest BCUT2D eigenvalue weighted by Gasteiger charge is -2.37. The van der Waals surface area contributed by atoms with E-state index in [2.05, 4.69) is 26.7 Å². The van der Waals surface area contributed by atoms with E-state index in [1.165, 1.54) is 5.01 Å². The fourth-order valence-corrected chi connectivity index (χ4v) is 3.03. The van der Waals surface area contributed by atoms with Crippen LogP contribution >= 0.6 is 15.9 Å². The van der Waals surface area contributed by atoms with Crippen molar-refractivity contribution in [1.82, 2.24) is 10.4 Å². The summed E-state index contributed by atoms with van der Waals surface area (Å²) >= 11 is 3.37. The molecule has 1 aliphatic rings. The van der Waals surface area contributed by atoms with Crippen LogP contribution in [0, 0.1) is 0 Å². The quantitative estimate of drug-likeness (QED) is 0.820. The van der Waals surface area contributed by atoms with Crippen molar-refractivity contribution in [2.75, 3.05) is 12.4 Å². The monoisotopic (exact) mass is 403 g/mol. The average Bonchev–Trinajstić information content (AvgIpc) is 2.64. The topological polar surface area (TPSA) is 70.7 Å². The van der Waals surface area contributed by atoms with E-state index in [0.717, 1.165) is 10.2 Å². The van der Waals surface area contributed by atoms with E-state index in [4.69, 9.17) is 4.74 Å². The van der Waals surface area contributed by atoms with Gasteiger partial charge in [0.05, 0.1) is 12.7 Å². The fraction of sp³-hybridized carbons (Fsp3) is 0.222. The number of amides is 2. The van der Waals surface area contributed by atoms with E-state index in [-0.39, 0.29) is 18.0 Å². The summed E-state index contributed by atoms with van der Waals surface area (Å²) in [6, 6.07) is 12.2. The molecule has 1 aliphatic heterocycles. The molecule has 0 saturated carbocycles. The van der Waals surface area contributed by atoms with Gasteiger partial charge >= 0.3 is 0 Å². The number of nitrogens with zero attached hydrogens (tertiary/aromatic N) is 1. The minimum absolute atomic E-state index is 0.247. The van der Waals surface area contributed by atoms with Gasteiger partial charge in [0, 0.05) is 15.7 Å². The summed E-state index contributed by atoms with van der Waals surface area (Å²) in [5, 5.41) is 4.63. The summed E-state index contributed by atoms with van der Waals surface area (Å²) in [5.74, 6) is 0.0657. The molecule has 1 atom stereocenters. The first-order chi connectivity index (χ1) is 12.0. The van der Waals surface area contributed by atoms with Gasteiger partial charge in [0.2, 0.25) is 0 Å². The van der Waals surface area contributed by atoms with Crippen molar-refractivity contribution in [3.63, 3.8) is 0 Å². The number of methoxy groups -OCH3 is 1. The maximum absolute atomic E-state index is 12.8. The maximum atomic E-state index is 12.8. The highest BCUT2D eigenvalue weighted by Gasteiger charge is 2.32. The smallest absolute Gasteiger partial charge is 0.276 e. The normalized spacial score (nSPS) is 16.0. The van der Waals surface area contributed by atoms with Crippen LogP contribution < -0.4 is 15.5 Å². The van der Waals surface area contributed by atoms with Crippen molar-refractivity contribution < 1.29 is 14.3 Å². The Bertz CT molecular complexity index is 808. The van der Waals surface area contributed by atoms with Gasteiger partial charge in [-0.1, -0.05) is 22.9 Å². The Morgan fingerprint density at radius 1 is 1.28 bits per heavy atom. The Morgan fingerprint density at radius 3 is 2.64 bits per heavy atom. The van der Waals surface area contributed by atoms with Crippen LogP contribution in [0.5, 0.6) is 5.75 Å². The van der Waals surface area contributed by atoms with Crippen LogP contribution in [0.4, 0.5) is 5.69 Å². The van der Waals surface area contributed by atoms with Gasteiger partial charge in [-0.15, -0.1) is 0 Å². The van der Waals surface area contributed by atoms with Crippen LogP contribution in [-0.2, 0) is 0 Å². The van der Waals surface area contributed by atoms with Crippen LogP contribution in [0.3, 0.4) is 0 Å². The molecular weight excluding hydrogens is 386 g/mol. The van der Waals surface area contributed by atoms with E-state index in [9.17, 15) is 9.59 Å².